The molecule has 0 fully saturated rings. The maximum Gasteiger partial charge on any atom is 0.573 e. The first kappa shape index (κ1) is 25.2. The number of hydrogen-bond acceptors (Lipinski definition) is 9. The molecule has 0 radical (unpaired) electrons. The Balaban J connectivity index is 1.27. The van der Waals surface area contributed by atoms with Gasteiger partial charge in [0.05, 0.1) is 0 Å². The molecule has 3 aromatic heterocycles. The van der Waals surface area contributed by atoms with Gasteiger partial charge in [0.25, 0.3) is 15.9 Å². The van der Waals surface area contributed by atoms with Gasteiger partial charge in [-0.2, -0.15) is 4.98 Å². The SMILES string of the molecule is O=S(=O)(Nc1ccc(-c2nc(-c3ccnc(Nc4ccc(OC(F)(F)F)cc4)c3)no2)cc1)c1cccs1. The number of aromatic nitrogens is 3. The van der Waals surface area contributed by atoms with Crippen LogP contribution < -0.4 is 14.8 Å². The van der Waals surface area contributed by atoms with E-state index in [1.165, 1.54) is 36.5 Å². The summed E-state index contributed by atoms with van der Waals surface area (Å²) in [6.07, 6.45) is -3.25. The summed E-state index contributed by atoms with van der Waals surface area (Å²) in [5, 5.41) is 8.67. The summed E-state index contributed by atoms with van der Waals surface area (Å²) >= 11 is 1.12. The summed E-state index contributed by atoms with van der Waals surface area (Å²) in [5.74, 6) is 0.568. The van der Waals surface area contributed by atoms with E-state index in [2.05, 4.69) is 29.9 Å². The number of alkyl halides is 3. The Bertz CT molecular complexity index is 1640. The van der Waals surface area contributed by atoms with Gasteiger partial charge in [-0.15, -0.1) is 24.5 Å². The van der Waals surface area contributed by atoms with Crippen molar-refractivity contribution in [2.45, 2.75) is 10.6 Å². The quantitative estimate of drug-likeness (QED) is 0.227. The number of thiophene rings is 1. The van der Waals surface area contributed by atoms with E-state index in [9.17, 15) is 21.6 Å². The average molecular weight is 560 g/mol. The van der Waals surface area contributed by atoms with Crippen LogP contribution in [0.1, 0.15) is 0 Å². The molecule has 0 saturated carbocycles. The summed E-state index contributed by atoms with van der Waals surface area (Å²) < 4.78 is 73.7. The molecule has 9 nitrogen and oxygen atoms in total. The minimum atomic E-state index is -4.77. The lowest BCUT2D eigenvalue weighted by atomic mass is 10.2. The number of benzene rings is 2. The van der Waals surface area contributed by atoms with Crippen LogP contribution in [-0.4, -0.2) is 29.9 Å². The van der Waals surface area contributed by atoms with Crippen molar-refractivity contribution in [3.63, 3.8) is 0 Å². The molecule has 0 atom stereocenters. The number of rotatable bonds is 8. The number of hydrogen-bond donors (Lipinski definition) is 2. The molecule has 0 aliphatic heterocycles. The topological polar surface area (TPSA) is 119 Å². The lowest BCUT2D eigenvalue weighted by Gasteiger charge is -2.10. The Hall–Kier alpha value is -4.43. The largest absolute Gasteiger partial charge is 0.573 e. The maximum atomic E-state index is 12.4. The number of nitrogens with one attached hydrogen (secondary N) is 2. The molecule has 0 spiro atoms. The summed E-state index contributed by atoms with van der Waals surface area (Å²) in [5.41, 5.74) is 2.03. The molecule has 0 aliphatic carbocycles. The molecule has 2 aromatic carbocycles. The van der Waals surface area contributed by atoms with Gasteiger partial charge in [-0.25, -0.2) is 13.4 Å². The van der Waals surface area contributed by atoms with Gasteiger partial charge < -0.3 is 14.6 Å². The summed E-state index contributed by atoms with van der Waals surface area (Å²) in [6.45, 7) is 0. The first-order valence-corrected chi connectivity index (χ1v) is 13.1. The second-order valence-corrected chi connectivity index (χ2v) is 10.5. The molecule has 194 valence electrons. The second-order valence-electron chi connectivity index (χ2n) is 7.67. The van der Waals surface area contributed by atoms with E-state index < -0.39 is 16.4 Å². The van der Waals surface area contributed by atoms with Gasteiger partial charge in [0.15, 0.2) is 0 Å². The molecule has 0 amide bonds. The highest BCUT2D eigenvalue weighted by Crippen LogP contribution is 2.28. The number of anilines is 3. The molecular weight excluding hydrogens is 543 g/mol. The molecular formula is C24H16F3N5O4S2. The number of halogens is 3. The standard InChI is InChI=1S/C24H16F3N5O4S2/c25-24(26,27)35-19-9-7-17(8-10-19)29-20-14-16(11-12-28-20)22-30-23(36-31-22)15-3-5-18(6-4-15)32-38(33,34)21-2-1-13-37-21/h1-14,32H,(H,28,29). The summed E-state index contributed by atoms with van der Waals surface area (Å²) in [6, 6.07) is 18.2. The average Bonchev–Trinajstić information content (AvgIpc) is 3.58. The lowest BCUT2D eigenvalue weighted by molar-refractivity contribution is -0.274. The first-order valence-electron chi connectivity index (χ1n) is 10.7. The van der Waals surface area contributed by atoms with Gasteiger partial charge in [-0.05, 0) is 72.1 Å². The molecule has 0 unspecified atom stereocenters. The Kier molecular flexibility index (Phi) is 6.73. The predicted octanol–water partition coefficient (Wildman–Crippen LogP) is 6.30. The van der Waals surface area contributed by atoms with Crippen LogP contribution in [0, 0.1) is 0 Å². The van der Waals surface area contributed by atoms with E-state index in [1.807, 2.05) is 0 Å². The van der Waals surface area contributed by atoms with Crippen molar-refractivity contribution < 1.29 is 30.8 Å². The third-order valence-electron chi connectivity index (χ3n) is 4.95. The Morgan fingerprint density at radius 1 is 0.921 bits per heavy atom. The molecule has 0 aliphatic rings. The Morgan fingerprint density at radius 2 is 1.66 bits per heavy atom. The number of sulfonamides is 1. The van der Waals surface area contributed by atoms with Crippen LogP contribution in [0.25, 0.3) is 22.8 Å². The van der Waals surface area contributed by atoms with Gasteiger partial charge in [0.2, 0.25) is 5.82 Å². The smallest absolute Gasteiger partial charge is 0.406 e. The molecule has 5 aromatic rings. The van der Waals surface area contributed by atoms with Gasteiger partial charge >= 0.3 is 6.36 Å². The zero-order valence-electron chi connectivity index (χ0n) is 19.0. The molecule has 14 heteroatoms. The van der Waals surface area contributed by atoms with Crippen molar-refractivity contribution in [2.24, 2.45) is 0 Å². The van der Waals surface area contributed by atoms with E-state index in [0.29, 0.717) is 28.3 Å². The Labute approximate surface area is 218 Å². The van der Waals surface area contributed by atoms with Gasteiger partial charge in [-0.1, -0.05) is 11.2 Å². The summed E-state index contributed by atoms with van der Waals surface area (Å²) in [4.78, 5) is 8.60. The maximum absolute atomic E-state index is 12.4. The third kappa shape index (κ3) is 6.10. The van der Waals surface area contributed by atoms with Crippen molar-refractivity contribution in [2.75, 3.05) is 10.0 Å². The van der Waals surface area contributed by atoms with Crippen molar-refractivity contribution in [1.82, 2.24) is 15.1 Å². The molecule has 3 heterocycles. The van der Waals surface area contributed by atoms with E-state index in [-0.39, 0.29) is 21.7 Å². The van der Waals surface area contributed by atoms with E-state index in [1.54, 1.807) is 47.8 Å². The fraction of sp³-hybridized carbons (Fsp3) is 0.0417. The van der Waals surface area contributed by atoms with Crippen LogP contribution in [0.3, 0.4) is 0 Å². The van der Waals surface area contributed by atoms with Gasteiger partial charge in [-0.3, -0.25) is 4.72 Å². The van der Waals surface area contributed by atoms with Crippen molar-refractivity contribution in [3.05, 3.63) is 84.4 Å². The van der Waals surface area contributed by atoms with Crippen LogP contribution in [0.15, 0.2) is 93.1 Å². The normalized spacial score (nSPS) is 11.8. The highest BCUT2D eigenvalue weighted by atomic mass is 32.2. The van der Waals surface area contributed by atoms with Crippen LogP contribution in [0.5, 0.6) is 5.75 Å². The monoisotopic (exact) mass is 559 g/mol. The third-order valence-corrected chi connectivity index (χ3v) is 7.73. The van der Waals surface area contributed by atoms with Crippen LogP contribution in [0.4, 0.5) is 30.4 Å². The van der Waals surface area contributed by atoms with E-state index in [0.717, 1.165) is 11.3 Å². The zero-order valence-corrected chi connectivity index (χ0v) is 20.6. The molecule has 38 heavy (non-hydrogen) atoms. The highest BCUT2D eigenvalue weighted by Gasteiger charge is 2.31. The fourth-order valence-electron chi connectivity index (χ4n) is 3.29. The van der Waals surface area contributed by atoms with E-state index >= 15 is 0 Å². The predicted molar refractivity (Wildman–Crippen MR) is 135 cm³/mol. The number of pyridine rings is 1. The second kappa shape index (κ2) is 10.1. The summed E-state index contributed by atoms with van der Waals surface area (Å²) in [7, 11) is -3.66. The van der Waals surface area contributed by atoms with Crippen molar-refractivity contribution >= 4 is 38.6 Å². The van der Waals surface area contributed by atoms with Crippen molar-refractivity contribution in [1.29, 1.82) is 0 Å². The highest BCUT2D eigenvalue weighted by molar-refractivity contribution is 7.94. The number of nitrogens with zero attached hydrogens (tertiary/aromatic N) is 3. The minimum absolute atomic E-state index is 0.210. The zero-order chi connectivity index (χ0) is 26.8. The lowest BCUT2D eigenvalue weighted by Crippen LogP contribution is -2.16. The molecule has 0 saturated heterocycles. The number of ether oxygens (including phenoxy) is 1. The Morgan fingerprint density at radius 3 is 2.34 bits per heavy atom. The van der Waals surface area contributed by atoms with Crippen LogP contribution in [-0.2, 0) is 10.0 Å². The van der Waals surface area contributed by atoms with E-state index in [4.69, 9.17) is 4.52 Å². The van der Waals surface area contributed by atoms with Gasteiger partial charge in [0.1, 0.15) is 15.8 Å². The minimum Gasteiger partial charge on any atom is -0.406 e. The van der Waals surface area contributed by atoms with Crippen molar-refractivity contribution in [3.8, 4) is 28.6 Å². The fourth-order valence-corrected chi connectivity index (χ4v) is 5.34. The molecule has 2 N–H and O–H groups in total. The molecule has 0 bridgehead atoms. The van der Waals surface area contributed by atoms with Crippen LogP contribution in [0.2, 0.25) is 0 Å². The van der Waals surface area contributed by atoms with Crippen LogP contribution >= 0.6 is 11.3 Å². The molecule has 5 rings (SSSR count). The first-order chi connectivity index (χ1) is 18.1. The van der Waals surface area contributed by atoms with Gasteiger partial charge in [0, 0.05) is 28.7 Å².